The van der Waals surface area contributed by atoms with Crippen LogP contribution in [0.2, 0.25) is 0 Å². The molecule has 0 aliphatic carbocycles. The van der Waals surface area contributed by atoms with Crippen LogP contribution in [0.3, 0.4) is 0 Å². The van der Waals surface area contributed by atoms with Crippen LogP contribution < -0.4 is 15.8 Å². The summed E-state index contributed by atoms with van der Waals surface area (Å²) in [6.07, 6.45) is 0. The molecular weight excluding hydrogens is 409 g/mol. The van der Waals surface area contributed by atoms with Gasteiger partial charge in [-0.05, 0) is 24.3 Å². The predicted molar refractivity (Wildman–Crippen MR) is 106 cm³/mol. The molecule has 0 fully saturated rings. The molecule has 0 atom stereocenters. The molecule has 0 bridgehead atoms. The number of anilines is 1. The van der Waals surface area contributed by atoms with E-state index >= 15 is 0 Å². The van der Waals surface area contributed by atoms with Crippen LogP contribution >= 0.6 is 35.7 Å². The standard InChI is InChI=1S/C16H19N3OS.HI/c1-20-14-7-5-6-13(12-14)19-16(17)18-10-11-21-15-8-3-2-4-9-15;/h2-9,12H,10-11H2,1H3,(H3,17,18,19);1H. The van der Waals surface area contributed by atoms with Crippen LogP contribution in [0.25, 0.3) is 0 Å². The monoisotopic (exact) mass is 429 g/mol. The van der Waals surface area contributed by atoms with Crippen molar-refractivity contribution >= 4 is 47.4 Å². The molecule has 0 saturated carbocycles. The van der Waals surface area contributed by atoms with Gasteiger partial charge in [0.05, 0.1) is 13.7 Å². The number of halogens is 1. The van der Waals surface area contributed by atoms with E-state index in [1.54, 1.807) is 18.9 Å². The minimum Gasteiger partial charge on any atom is -0.497 e. The van der Waals surface area contributed by atoms with Crippen LogP contribution in [-0.2, 0) is 0 Å². The van der Waals surface area contributed by atoms with Crippen molar-refractivity contribution in [3.05, 3.63) is 54.6 Å². The quantitative estimate of drug-likeness (QED) is 0.241. The van der Waals surface area contributed by atoms with Gasteiger partial charge in [-0.3, -0.25) is 4.99 Å². The van der Waals surface area contributed by atoms with Gasteiger partial charge in [0.25, 0.3) is 0 Å². The van der Waals surface area contributed by atoms with E-state index in [9.17, 15) is 0 Å². The van der Waals surface area contributed by atoms with Crippen molar-refractivity contribution in [3.63, 3.8) is 0 Å². The highest BCUT2D eigenvalue weighted by Crippen LogP contribution is 2.17. The van der Waals surface area contributed by atoms with Crippen molar-refractivity contribution in [1.29, 1.82) is 0 Å². The van der Waals surface area contributed by atoms with Crippen molar-refractivity contribution in [1.82, 2.24) is 0 Å². The van der Waals surface area contributed by atoms with E-state index in [1.807, 2.05) is 42.5 Å². The highest BCUT2D eigenvalue weighted by Gasteiger charge is 1.97. The number of nitrogens with zero attached hydrogens (tertiary/aromatic N) is 1. The molecule has 2 aromatic rings. The summed E-state index contributed by atoms with van der Waals surface area (Å²) in [7, 11) is 1.64. The summed E-state index contributed by atoms with van der Waals surface area (Å²) in [5, 5.41) is 3.05. The molecule has 0 aliphatic heterocycles. The number of nitrogens with one attached hydrogen (secondary N) is 1. The second kappa shape index (κ2) is 10.3. The number of rotatable bonds is 6. The fraction of sp³-hybridized carbons (Fsp3) is 0.188. The number of hydrogen-bond donors (Lipinski definition) is 2. The van der Waals surface area contributed by atoms with Crippen LogP contribution in [0.15, 0.2) is 64.5 Å². The fourth-order valence-corrected chi connectivity index (χ4v) is 2.50. The van der Waals surface area contributed by atoms with E-state index in [0.717, 1.165) is 17.2 Å². The topological polar surface area (TPSA) is 59.6 Å². The number of hydrogen-bond acceptors (Lipinski definition) is 3. The molecule has 0 unspecified atom stereocenters. The highest BCUT2D eigenvalue weighted by atomic mass is 127. The van der Waals surface area contributed by atoms with Gasteiger partial charge in [-0.2, -0.15) is 0 Å². The largest absolute Gasteiger partial charge is 0.497 e. The lowest BCUT2D eigenvalue weighted by Gasteiger charge is -2.07. The molecule has 2 aromatic carbocycles. The zero-order valence-corrected chi connectivity index (χ0v) is 15.5. The number of thioether (sulfide) groups is 1. The Kier molecular flexibility index (Phi) is 8.76. The number of ether oxygens (including phenoxy) is 1. The minimum absolute atomic E-state index is 0. The summed E-state index contributed by atoms with van der Waals surface area (Å²) < 4.78 is 5.16. The van der Waals surface area contributed by atoms with Crippen molar-refractivity contribution < 1.29 is 4.74 Å². The van der Waals surface area contributed by atoms with E-state index in [1.165, 1.54) is 4.90 Å². The summed E-state index contributed by atoms with van der Waals surface area (Å²) in [6, 6.07) is 17.8. The number of nitrogens with two attached hydrogens (primary N) is 1. The Morgan fingerprint density at radius 2 is 1.95 bits per heavy atom. The third-order valence-electron chi connectivity index (χ3n) is 2.73. The van der Waals surface area contributed by atoms with Crippen molar-refractivity contribution in [2.45, 2.75) is 4.90 Å². The molecular formula is C16H20IN3OS. The summed E-state index contributed by atoms with van der Waals surface area (Å²) in [6.45, 7) is 0.669. The SMILES string of the molecule is COc1cccc(NC(N)=NCCSc2ccccc2)c1.I. The molecule has 0 amide bonds. The van der Waals surface area contributed by atoms with Crippen molar-refractivity contribution in [2.24, 2.45) is 10.7 Å². The Balaban J connectivity index is 0.00000242. The molecule has 0 saturated heterocycles. The van der Waals surface area contributed by atoms with Crippen LogP contribution in [-0.4, -0.2) is 25.4 Å². The van der Waals surface area contributed by atoms with E-state index in [4.69, 9.17) is 10.5 Å². The molecule has 118 valence electrons. The molecule has 0 heterocycles. The summed E-state index contributed by atoms with van der Waals surface area (Å²) in [5.41, 5.74) is 6.73. The number of guanidine groups is 1. The number of aliphatic imine (C=N–C) groups is 1. The van der Waals surface area contributed by atoms with Gasteiger partial charge in [0.15, 0.2) is 5.96 Å². The van der Waals surface area contributed by atoms with Crippen LogP contribution in [0.1, 0.15) is 0 Å². The molecule has 0 radical (unpaired) electrons. The maximum Gasteiger partial charge on any atom is 0.193 e. The number of benzene rings is 2. The Morgan fingerprint density at radius 1 is 1.18 bits per heavy atom. The Morgan fingerprint density at radius 3 is 2.68 bits per heavy atom. The lowest BCUT2D eigenvalue weighted by Crippen LogP contribution is -2.23. The molecule has 3 N–H and O–H groups in total. The first kappa shape index (κ1) is 18.6. The Labute approximate surface area is 152 Å². The molecule has 6 heteroatoms. The highest BCUT2D eigenvalue weighted by molar-refractivity contribution is 14.0. The summed E-state index contributed by atoms with van der Waals surface area (Å²) >= 11 is 1.76. The summed E-state index contributed by atoms with van der Waals surface area (Å²) in [5.74, 6) is 2.09. The second-order valence-electron chi connectivity index (χ2n) is 4.29. The lowest BCUT2D eigenvalue weighted by molar-refractivity contribution is 0.415. The van der Waals surface area contributed by atoms with Gasteiger partial charge in [0, 0.05) is 22.4 Å². The third-order valence-corrected chi connectivity index (χ3v) is 3.72. The average Bonchev–Trinajstić information content (AvgIpc) is 2.53. The normalized spacial score (nSPS) is 10.7. The fourth-order valence-electron chi connectivity index (χ4n) is 1.73. The molecule has 0 aromatic heterocycles. The minimum atomic E-state index is 0. The first-order chi connectivity index (χ1) is 10.3. The van der Waals surface area contributed by atoms with Gasteiger partial charge in [-0.1, -0.05) is 24.3 Å². The van der Waals surface area contributed by atoms with Crippen LogP contribution in [0, 0.1) is 0 Å². The second-order valence-corrected chi connectivity index (χ2v) is 5.45. The van der Waals surface area contributed by atoms with Crippen LogP contribution in [0.5, 0.6) is 5.75 Å². The van der Waals surface area contributed by atoms with Gasteiger partial charge in [0.2, 0.25) is 0 Å². The van der Waals surface area contributed by atoms with E-state index < -0.39 is 0 Å². The molecule has 22 heavy (non-hydrogen) atoms. The van der Waals surface area contributed by atoms with Crippen LogP contribution in [0.4, 0.5) is 5.69 Å². The van der Waals surface area contributed by atoms with Gasteiger partial charge < -0.3 is 15.8 Å². The third kappa shape index (κ3) is 6.57. The first-order valence-electron chi connectivity index (χ1n) is 6.67. The van der Waals surface area contributed by atoms with Crippen molar-refractivity contribution in [3.8, 4) is 5.75 Å². The smallest absolute Gasteiger partial charge is 0.193 e. The van der Waals surface area contributed by atoms with Gasteiger partial charge >= 0.3 is 0 Å². The van der Waals surface area contributed by atoms with Crippen molar-refractivity contribution in [2.75, 3.05) is 24.7 Å². The zero-order chi connectivity index (χ0) is 14.9. The Hall–Kier alpha value is -1.41. The van der Waals surface area contributed by atoms with E-state index in [0.29, 0.717) is 12.5 Å². The molecule has 0 spiro atoms. The van der Waals surface area contributed by atoms with Gasteiger partial charge in [-0.15, -0.1) is 35.7 Å². The summed E-state index contributed by atoms with van der Waals surface area (Å²) in [4.78, 5) is 5.55. The first-order valence-corrected chi connectivity index (χ1v) is 7.65. The van der Waals surface area contributed by atoms with E-state index in [-0.39, 0.29) is 24.0 Å². The molecule has 4 nitrogen and oxygen atoms in total. The lowest BCUT2D eigenvalue weighted by atomic mass is 10.3. The maximum absolute atomic E-state index is 5.87. The Bertz CT molecular complexity index is 593. The zero-order valence-electron chi connectivity index (χ0n) is 12.4. The molecule has 2 rings (SSSR count). The average molecular weight is 429 g/mol. The van der Waals surface area contributed by atoms with Gasteiger partial charge in [-0.25, -0.2) is 0 Å². The maximum atomic E-state index is 5.87. The predicted octanol–water partition coefficient (Wildman–Crippen LogP) is 3.83. The molecule has 0 aliphatic rings. The van der Waals surface area contributed by atoms with Gasteiger partial charge in [0.1, 0.15) is 5.75 Å². The van der Waals surface area contributed by atoms with E-state index in [2.05, 4.69) is 22.4 Å². The number of methoxy groups -OCH3 is 1.